The van der Waals surface area contributed by atoms with E-state index in [4.69, 9.17) is 5.73 Å². The van der Waals surface area contributed by atoms with Gasteiger partial charge in [-0.25, -0.2) is 9.78 Å². The fourth-order valence-corrected chi connectivity index (χ4v) is 2.23. The van der Waals surface area contributed by atoms with Crippen LogP contribution in [0.5, 0.6) is 0 Å². The van der Waals surface area contributed by atoms with Crippen molar-refractivity contribution in [3.8, 4) is 10.7 Å². The minimum Gasteiger partial charge on any atom is -0.448 e. The third-order valence-electron chi connectivity index (χ3n) is 2.27. The Kier molecular flexibility index (Phi) is 4.82. The topological polar surface area (TPSA) is 90.1 Å². The van der Waals surface area contributed by atoms with Crippen LogP contribution in [0, 0.1) is 0 Å². The molecule has 2 heterocycles. The maximum absolute atomic E-state index is 10.3. The van der Waals surface area contributed by atoms with E-state index in [1.54, 1.807) is 17.5 Å². The molecule has 0 aliphatic carbocycles. The van der Waals surface area contributed by atoms with Gasteiger partial charge in [0.2, 0.25) is 0 Å². The van der Waals surface area contributed by atoms with Crippen molar-refractivity contribution in [3.05, 3.63) is 35.5 Å². The first-order valence-corrected chi connectivity index (χ1v) is 6.62. The van der Waals surface area contributed by atoms with Crippen molar-refractivity contribution in [1.29, 1.82) is 0 Å². The van der Waals surface area contributed by atoms with E-state index in [-0.39, 0.29) is 6.61 Å². The molecule has 2 aromatic heterocycles. The number of pyridine rings is 1. The second kappa shape index (κ2) is 6.81. The number of nitrogens with one attached hydrogen (secondary N) is 1. The van der Waals surface area contributed by atoms with Gasteiger partial charge in [-0.15, -0.1) is 11.3 Å². The Morgan fingerprint density at radius 2 is 2.37 bits per heavy atom. The maximum Gasteiger partial charge on any atom is 0.404 e. The molecule has 0 aliphatic rings. The predicted molar refractivity (Wildman–Crippen MR) is 72.6 cm³/mol. The van der Waals surface area contributed by atoms with Crippen molar-refractivity contribution in [3.63, 3.8) is 0 Å². The summed E-state index contributed by atoms with van der Waals surface area (Å²) in [6.07, 6.45) is 0.989. The van der Waals surface area contributed by atoms with Gasteiger partial charge < -0.3 is 15.8 Å². The molecule has 6 nitrogen and oxygen atoms in total. The average Bonchev–Trinajstić information content (AvgIpc) is 2.88. The zero-order chi connectivity index (χ0) is 13.5. The highest BCUT2D eigenvalue weighted by Gasteiger charge is 2.04. The van der Waals surface area contributed by atoms with Crippen molar-refractivity contribution >= 4 is 17.4 Å². The summed E-state index contributed by atoms with van der Waals surface area (Å²) in [5.41, 5.74) is 6.65. The van der Waals surface area contributed by atoms with Crippen molar-refractivity contribution in [2.75, 3.05) is 13.2 Å². The molecule has 0 aliphatic heterocycles. The number of amides is 1. The molecular weight excluding hydrogens is 264 g/mol. The van der Waals surface area contributed by atoms with E-state index < -0.39 is 6.09 Å². The van der Waals surface area contributed by atoms with Crippen LogP contribution in [0.3, 0.4) is 0 Å². The number of rotatable bonds is 6. The summed E-state index contributed by atoms with van der Waals surface area (Å²) in [4.78, 5) is 19.1. The zero-order valence-electron chi connectivity index (χ0n) is 10.2. The van der Waals surface area contributed by atoms with Gasteiger partial charge in [-0.1, -0.05) is 6.07 Å². The number of hydrogen-bond acceptors (Lipinski definition) is 6. The summed E-state index contributed by atoms with van der Waals surface area (Å²) in [7, 11) is 0. The number of hydrogen-bond donors (Lipinski definition) is 2. The molecule has 7 heteroatoms. The molecule has 2 rings (SSSR count). The van der Waals surface area contributed by atoms with Gasteiger partial charge >= 0.3 is 6.09 Å². The molecule has 3 N–H and O–H groups in total. The number of nitrogens with zero attached hydrogens (tertiary/aromatic N) is 2. The summed E-state index contributed by atoms with van der Waals surface area (Å²) in [5.74, 6) is 0. The second-order valence-corrected chi connectivity index (χ2v) is 4.56. The molecular formula is C12H14N4O2S. The number of carbonyl (C=O) groups is 1. The summed E-state index contributed by atoms with van der Waals surface area (Å²) in [5, 5.41) is 5.99. The van der Waals surface area contributed by atoms with E-state index in [2.05, 4.69) is 20.0 Å². The lowest BCUT2D eigenvalue weighted by atomic mass is 10.3. The van der Waals surface area contributed by atoms with Crippen molar-refractivity contribution in [1.82, 2.24) is 15.3 Å². The number of primary amides is 1. The zero-order valence-corrected chi connectivity index (χ0v) is 11.0. The Balaban J connectivity index is 1.80. The van der Waals surface area contributed by atoms with Crippen LogP contribution in [0.15, 0.2) is 29.8 Å². The standard InChI is InChI=1S/C12H14N4O2S/c13-12(17)18-6-5-14-7-9-8-19-11(16-9)10-3-1-2-4-15-10/h1-4,8,14H,5-7H2,(H2,13,17). The van der Waals surface area contributed by atoms with Crippen LogP contribution in [0.2, 0.25) is 0 Å². The van der Waals surface area contributed by atoms with E-state index in [0.29, 0.717) is 13.1 Å². The van der Waals surface area contributed by atoms with Gasteiger partial charge in [0.1, 0.15) is 11.6 Å². The molecule has 0 bridgehead atoms. The van der Waals surface area contributed by atoms with Crippen LogP contribution >= 0.6 is 11.3 Å². The number of carbonyl (C=O) groups excluding carboxylic acids is 1. The fourth-order valence-electron chi connectivity index (χ4n) is 1.44. The first-order chi connectivity index (χ1) is 9.25. The molecule has 0 unspecified atom stereocenters. The predicted octanol–water partition coefficient (Wildman–Crippen LogP) is 1.39. The Morgan fingerprint density at radius 1 is 1.47 bits per heavy atom. The number of nitrogens with two attached hydrogens (primary N) is 1. The highest BCUT2D eigenvalue weighted by molar-refractivity contribution is 7.13. The van der Waals surface area contributed by atoms with Crippen molar-refractivity contribution < 1.29 is 9.53 Å². The van der Waals surface area contributed by atoms with Crippen LogP contribution in [-0.4, -0.2) is 29.2 Å². The number of thiazole rings is 1. The van der Waals surface area contributed by atoms with Crippen molar-refractivity contribution in [2.45, 2.75) is 6.54 Å². The Morgan fingerprint density at radius 3 is 3.11 bits per heavy atom. The summed E-state index contributed by atoms with van der Waals surface area (Å²) in [6.45, 7) is 1.41. The van der Waals surface area contributed by atoms with Crippen LogP contribution in [0.25, 0.3) is 10.7 Å². The summed E-state index contributed by atoms with van der Waals surface area (Å²) >= 11 is 1.55. The molecule has 0 fully saturated rings. The average molecular weight is 278 g/mol. The van der Waals surface area contributed by atoms with Crippen molar-refractivity contribution in [2.24, 2.45) is 5.73 Å². The fraction of sp³-hybridized carbons (Fsp3) is 0.250. The number of ether oxygens (including phenoxy) is 1. The smallest absolute Gasteiger partial charge is 0.404 e. The Hall–Kier alpha value is -1.99. The quantitative estimate of drug-likeness (QED) is 0.779. The first-order valence-electron chi connectivity index (χ1n) is 5.74. The Labute approximate surface area is 114 Å². The molecule has 0 aromatic carbocycles. The molecule has 19 heavy (non-hydrogen) atoms. The highest BCUT2D eigenvalue weighted by Crippen LogP contribution is 2.20. The van der Waals surface area contributed by atoms with Gasteiger partial charge in [0.25, 0.3) is 0 Å². The highest BCUT2D eigenvalue weighted by atomic mass is 32.1. The van der Waals surface area contributed by atoms with Crippen LogP contribution in [-0.2, 0) is 11.3 Å². The third-order valence-corrected chi connectivity index (χ3v) is 3.18. The normalized spacial score (nSPS) is 10.3. The van der Waals surface area contributed by atoms with E-state index in [0.717, 1.165) is 16.4 Å². The SMILES string of the molecule is NC(=O)OCCNCc1csc(-c2ccccn2)n1. The van der Waals surface area contributed by atoms with Gasteiger partial charge in [-0.3, -0.25) is 4.98 Å². The van der Waals surface area contributed by atoms with Gasteiger partial charge in [0.15, 0.2) is 0 Å². The van der Waals surface area contributed by atoms with Gasteiger partial charge in [-0.05, 0) is 12.1 Å². The van der Waals surface area contributed by atoms with E-state index in [1.807, 2.05) is 23.6 Å². The second-order valence-electron chi connectivity index (χ2n) is 3.70. The van der Waals surface area contributed by atoms with E-state index in [9.17, 15) is 4.79 Å². The lowest BCUT2D eigenvalue weighted by molar-refractivity contribution is 0.157. The molecule has 0 radical (unpaired) electrons. The minimum atomic E-state index is -0.757. The minimum absolute atomic E-state index is 0.257. The van der Waals surface area contributed by atoms with Gasteiger partial charge in [0.05, 0.1) is 11.4 Å². The van der Waals surface area contributed by atoms with Crippen LogP contribution in [0.1, 0.15) is 5.69 Å². The molecule has 0 spiro atoms. The molecule has 0 saturated carbocycles. The molecule has 2 aromatic rings. The summed E-state index contributed by atoms with van der Waals surface area (Å²) in [6, 6.07) is 5.73. The van der Waals surface area contributed by atoms with Gasteiger partial charge in [0, 0.05) is 24.7 Å². The lowest BCUT2D eigenvalue weighted by Gasteiger charge is -2.02. The molecule has 100 valence electrons. The van der Waals surface area contributed by atoms with Crippen LogP contribution < -0.4 is 11.1 Å². The molecule has 1 amide bonds. The molecule has 0 saturated heterocycles. The first kappa shape index (κ1) is 13.4. The van der Waals surface area contributed by atoms with E-state index >= 15 is 0 Å². The number of aromatic nitrogens is 2. The summed E-state index contributed by atoms with van der Waals surface area (Å²) < 4.78 is 4.60. The largest absolute Gasteiger partial charge is 0.448 e. The third kappa shape index (κ3) is 4.31. The van der Waals surface area contributed by atoms with Crippen LogP contribution in [0.4, 0.5) is 4.79 Å². The maximum atomic E-state index is 10.3. The van der Waals surface area contributed by atoms with E-state index in [1.165, 1.54) is 0 Å². The monoisotopic (exact) mass is 278 g/mol. The Bertz CT molecular complexity index is 530. The lowest BCUT2D eigenvalue weighted by Crippen LogP contribution is -2.23. The van der Waals surface area contributed by atoms with Gasteiger partial charge in [-0.2, -0.15) is 0 Å². The molecule has 0 atom stereocenters.